The van der Waals surface area contributed by atoms with Crippen molar-refractivity contribution >= 4 is 39.0 Å². The Hall–Kier alpha value is -2.80. The first-order chi connectivity index (χ1) is 11.9. The van der Waals surface area contributed by atoms with Crippen molar-refractivity contribution in [2.75, 3.05) is 5.32 Å². The number of esters is 1. The average Bonchev–Trinajstić information content (AvgIpc) is 3.00. The van der Waals surface area contributed by atoms with Gasteiger partial charge in [-0.15, -0.1) is 11.3 Å². The van der Waals surface area contributed by atoms with E-state index in [1.54, 1.807) is 6.07 Å². The third kappa shape index (κ3) is 4.00. The van der Waals surface area contributed by atoms with E-state index in [0.717, 1.165) is 16.0 Å². The molecule has 0 aliphatic heterocycles. The van der Waals surface area contributed by atoms with Crippen LogP contribution in [0.2, 0.25) is 0 Å². The van der Waals surface area contributed by atoms with Gasteiger partial charge >= 0.3 is 5.97 Å². The van der Waals surface area contributed by atoms with Crippen LogP contribution in [0.5, 0.6) is 0 Å². The standard InChI is InChI=1S/C18H13F2NO3S/c1-10(17(22)21-14-5-2-12(19)3-6-14)24-18(23)16-9-11-8-13(20)4-7-15(11)25-16/h2-10H,1H3,(H,21,22)/t10-/m0/s1. The number of amides is 1. The lowest BCUT2D eigenvalue weighted by Crippen LogP contribution is -2.29. The number of benzene rings is 2. The fourth-order valence-electron chi connectivity index (χ4n) is 2.16. The van der Waals surface area contributed by atoms with Gasteiger partial charge in [0.25, 0.3) is 5.91 Å². The minimum Gasteiger partial charge on any atom is -0.448 e. The SMILES string of the molecule is C[C@H](OC(=O)c1cc2cc(F)ccc2s1)C(=O)Nc1ccc(F)cc1. The van der Waals surface area contributed by atoms with Gasteiger partial charge in [-0.2, -0.15) is 0 Å². The van der Waals surface area contributed by atoms with Crippen molar-refractivity contribution in [1.82, 2.24) is 0 Å². The molecule has 0 radical (unpaired) electrons. The van der Waals surface area contributed by atoms with Gasteiger partial charge in [-0.05, 0) is 60.8 Å². The van der Waals surface area contributed by atoms with Crippen LogP contribution in [0.3, 0.4) is 0 Å². The second kappa shape index (κ2) is 6.98. The third-order valence-electron chi connectivity index (χ3n) is 3.44. The molecule has 0 spiro atoms. The molecule has 25 heavy (non-hydrogen) atoms. The van der Waals surface area contributed by atoms with Crippen LogP contribution in [-0.2, 0) is 9.53 Å². The van der Waals surface area contributed by atoms with E-state index in [-0.39, 0.29) is 4.88 Å². The van der Waals surface area contributed by atoms with Crippen LogP contribution < -0.4 is 5.32 Å². The summed E-state index contributed by atoms with van der Waals surface area (Å²) in [6, 6.07) is 11.0. The highest BCUT2D eigenvalue weighted by molar-refractivity contribution is 7.20. The molecule has 3 rings (SSSR count). The monoisotopic (exact) mass is 361 g/mol. The fraction of sp³-hybridized carbons (Fsp3) is 0.111. The normalized spacial score (nSPS) is 12.0. The molecule has 1 heterocycles. The molecule has 0 aliphatic carbocycles. The van der Waals surface area contributed by atoms with Gasteiger partial charge in [-0.3, -0.25) is 4.79 Å². The molecule has 0 fully saturated rings. The topological polar surface area (TPSA) is 55.4 Å². The minimum atomic E-state index is -1.04. The number of fused-ring (bicyclic) bond motifs is 1. The van der Waals surface area contributed by atoms with Gasteiger partial charge in [0.15, 0.2) is 6.10 Å². The lowest BCUT2D eigenvalue weighted by molar-refractivity contribution is -0.123. The Morgan fingerprint density at radius 2 is 1.72 bits per heavy atom. The van der Waals surface area contributed by atoms with Gasteiger partial charge in [0.2, 0.25) is 0 Å². The van der Waals surface area contributed by atoms with Gasteiger partial charge in [0.1, 0.15) is 16.5 Å². The molecular weight excluding hydrogens is 348 g/mol. The van der Waals surface area contributed by atoms with Crippen LogP contribution in [0.25, 0.3) is 10.1 Å². The molecule has 1 atom stereocenters. The first-order valence-electron chi connectivity index (χ1n) is 7.39. The largest absolute Gasteiger partial charge is 0.448 e. The van der Waals surface area contributed by atoms with Gasteiger partial charge in [-0.25, -0.2) is 13.6 Å². The van der Waals surface area contributed by atoms with E-state index < -0.39 is 29.6 Å². The molecule has 3 aromatic rings. The molecule has 7 heteroatoms. The van der Waals surface area contributed by atoms with Crippen molar-refractivity contribution in [3.8, 4) is 0 Å². The smallest absolute Gasteiger partial charge is 0.349 e. The highest BCUT2D eigenvalue weighted by Gasteiger charge is 2.20. The van der Waals surface area contributed by atoms with E-state index in [2.05, 4.69) is 5.32 Å². The Bertz CT molecular complexity index is 937. The third-order valence-corrected chi connectivity index (χ3v) is 4.54. The zero-order valence-electron chi connectivity index (χ0n) is 13.1. The van der Waals surface area contributed by atoms with Crippen LogP contribution in [0.1, 0.15) is 16.6 Å². The summed E-state index contributed by atoms with van der Waals surface area (Å²) in [4.78, 5) is 24.5. The van der Waals surface area contributed by atoms with Gasteiger partial charge in [0, 0.05) is 10.4 Å². The van der Waals surface area contributed by atoms with Gasteiger partial charge in [0.05, 0.1) is 0 Å². The molecule has 0 saturated carbocycles. The summed E-state index contributed by atoms with van der Waals surface area (Å²) in [5, 5.41) is 3.13. The fourth-order valence-corrected chi connectivity index (χ4v) is 3.09. The molecule has 0 unspecified atom stereocenters. The summed E-state index contributed by atoms with van der Waals surface area (Å²) in [6.45, 7) is 1.43. The first kappa shape index (κ1) is 17.0. The molecule has 4 nitrogen and oxygen atoms in total. The zero-order chi connectivity index (χ0) is 18.0. The predicted octanol–water partition coefficient (Wildman–Crippen LogP) is 4.36. The molecule has 0 aliphatic rings. The summed E-state index contributed by atoms with van der Waals surface area (Å²) in [5.74, 6) is -2.01. The Morgan fingerprint density at radius 1 is 1.04 bits per heavy atom. The van der Waals surface area contributed by atoms with Gasteiger partial charge < -0.3 is 10.1 Å². The molecule has 0 saturated heterocycles. The Morgan fingerprint density at radius 3 is 2.44 bits per heavy atom. The summed E-state index contributed by atoms with van der Waals surface area (Å²) in [6.07, 6.45) is -1.04. The Kier molecular flexibility index (Phi) is 4.76. The molecule has 128 valence electrons. The predicted molar refractivity (Wildman–Crippen MR) is 91.7 cm³/mol. The van der Waals surface area contributed by atoms with Crippen molar-refractivity contribution in [2.45, 2.75) is 13.0 Å². The van der Waals surface area contributed by atoms with Crippen molar-refractivity contribution in [3.05, 3.63) is 65.0 Å². The Labute approximate surface area is 146 Å². The number of halogens is 2. The molecule has 0 bridgehead atoms. The van der Waals surface area contributed by atoms with Crippen molar-refractivity contribution < 1.29 is 23.1 Å². The number of rotatable bonds is 4. The van der Waals surface area contributed by atoms with Gasteiger partial charge in [-0.1, -0.05) is 0 Å². The van der Waals surface area contributed by atoms with E-state index in [4.69, 9.17) is 4.74 Å². The number of hydrogen-bond donors (Lipinski definition) is 1. The van der Waals surface area contributed by atoms with E-state index in [9.17, 15) is 18.4 Å². The average molecular weight is 361 g/mol. The highest BCUT2D eigenvalue weighted by Crippen LogP contribution is 2.27. The summed E-state index contributed by atoms with van der Waals surface area (Å²) < 4.78 is 32.0. The Balaban J connectivity index is 1.66. The number of carbonyl (C=O) groups excluding carboxylic acids is 2. The van der Waals surface area contributed by atoms with E-state index in [0.29, 0.717) is 11.1 Å². The maximum atomic E-state index is 13.2. The quantitative estimate of drug-likeness (QED) is 0.703. The second-order valence-electron chi connectivity index (χ2n) is 5.34. The summed E-state index contributed by atoms with van der Waals surface area (Å²) >= 11 is 1.16. The number of thiophene rings is 1. The van der Waals surface area contributed by atoms with E-state index in [1.165, 1.54) is 49.4 Å². The number of ether oxygens (including phenoxy) is 1. The van der Waals surface area contributed by atoms with E-state index >= 15 is 0 Å². The molecule has 1 aromatic heterocycles. The number of hydrogen-bond acceptors (Lipinski definition) is 4. The van der Waals surface area contributed by atoms with Crippen molar-refractivity contribution in [3.63, 3.8) is 0 Å². The minimum absolute atomic E-state index is 0.280. The number of anilines is 1. The number of nitrogens with one attached hydrogen (secondary N) is 1. The molecule has 1 amide bonds. The summed E-state index contributed by atoms with van der Waals surface area (Å²) in [5.41, 5.74) is 0.395. The second-order valence-corrected chi connectivity index (χ2v) is 6.42. The zero-order valence-corrected chi connectivity index (χ0v) is 13.9. The highest BCUT2D eigenvalue weighted by atomic mass is 32.1. The van der Waals surface area contributed by atoms with Crippen LogP contribution in [0.4, 0.5) is 14.5 Å². The lowest BCUT2D eigenvalue weighted by atomic mass is 10.2. The molecular formula is C18H13F2NO3S. The van der Waals surface area contributed by atoms with Crippen LogP contribution in [0, 0.1) is 11.6 Å². The lowest BCUT2D eigenvalue weighted by Gasteiger charge is -2.12. The number of carbonyl (C=O) groups is 2. The van der Waals surface area contributed by atoms with Crippen LogP contribution in [0.15, 0.2) is 48.5 Å². The van der Waals surface area contributed by atoms with Crippen molar-refractivity contribution in [2.24, 2.45) is 0 Å². The maximum Gasteiger partial charge on any atom is 0.349 e. The van der Waals surface area contributed by atoms with E-state index in [1.807, 2.05) is 0 Å². The van der Waals surface area contributed by atoms with Crippen LogP contribution in [-0.4, -0.2) is 18.0 Å². The molecule has 2 aromatic carbocycles. The first-order valence-corrected chi connectivity index (χ1v) is 8.20. The van der Waals surface area contributed by atoms with Crippen LogP contribution >= 0.6 is 11.3 Å². The maximum absolute atomic E-state index is 13.2. The van der Waals surface area contributed by atoms with Crippen molar-refractivity contribution in [1.29, 1.82) is 0 Å². The molecule has 1 N–H and O–H groups in total. The summed E-state index contributed by atoms with van der Waals surface area (Å²) in [7, 11) is 0.